The molecule has 1 saturated heterocycles. The molecule has 3 nitrogen and oxygen atoms in total. The molecule has 1 aliphatic carbocycles. The summed E-state index contributed by atoms with van der Waals surface area (Å²) in [5.41, 5.74) is 0. The Labute approximate surface area is 97.9 Å². The molecule has 90 valence electrons. The van der Waals surface area contributed by atoms with Crippen LogP contribution in [0.5, 0.6) is 0 Å². The lowest BCUT2D eigenvalue weighted by molar-refractivity contribution is -0.136. The van der Waals surface area contributed by atoms with E-state index < -0.39 is 0 Å². The molecule has 0 bridgehead atoms. The van der Waals surface area contributed by atoms with Crippen LogP contribution in [0.3, 0.4) is 0 Å². The fourth-order valence-corrected chi connectivity index (χ4v) is 2.54. The summed E-state index contributed by atoms with van der Waals surface area (Å²) in [6, 6.07) is 0.989. The van der Waals surface area contributed by atoms with Gasteiger partial charge in [0.05, 0.1) is 0 Å². The van der Waals surface area contributed by atoms with Crippen LogP contribution in [-0.4, -0.2) is 36.0 Å². The molecule has 1 saturated carbocycles. The van der Waals surface area contributed by atoms with Gasteiger partial charge in [-0.05, 0) is 39.2 Å². The van der Waals surface area contributed by atoms with Crippen LogP contribution in [0.15, 0.2) is 12.7 Å². The van der Waals surface area contributed by atoms with E-state index in [1.54, 1.807) is 0 Å². The highest BCUT2D eigenvalue weighted by atomic mass is 16.2. The van der Waals surface area contributed by atoms with Gasteiger partial charge in [0.15, 0.2) is 0 Å². The Kier molecular flexibility index (Phi) is 3.64. The van der Waals surface area contributed by atoms with E-state index in [-0.39, 0.29) is 5.92 Å². The summed E-state index contributed by atoms with van der Waals surface area (Å²) in [4.78, 5) is 14.4. The molecular weight excluding hydrogens is 200 g/mol. The highest BCUT2D eigenvalue weighted by molar-refractivity contribution is 5.79. The van der Waals surface area contributed by atoms with Gasteiger partial charge in [0.25, 0.3) is 0 Å². The standard InChI is InChI=1S/C13H22N2O/c1-3-8-15(12-4-5-12)13(16)11-6-7-14-10(2)9-11/h3,10-12,14H,1,4-9H2,2H3. The van der Waals surface area contributed by atoms with E-state index in [1.165, 1.54) is 12.8 Å². The van der Waals surface area contributed by atoms with Crippen molar-refractivity contribution in [1.82, 2.24) is 10.2 Å². The molecule has 2 atom stereocenters. The number of hydrogen-bond donors (Lipinski definition) is 1. The smallest absolute Gasteiger partial charge is 0.226 e. The van der Waals surface area contributed by atoms with Crippen molar-refractivity contribution in [3.8, 4) is 0 Å². The number of carbonyl (C=O) groups is 1. The molecule has 1 N–H and O–H groups in total. The first kappa shape index (κ1) is 11.6. The molecule has 2 unspecified atom stereocenters. The molecule has 2 rings (SSSR count). The van der Waals surface area contributed by atoms with E-state index in [0.29, 0.717) is 18.0 Å². The minimum absolute atomic E-state index is 0.233. The Morgan fingerprint density at radius 2 is 2.25 bits per heavy atom. The molecule has 0 spiro atoms. The second-order valence-corrected chi connectivity index (χ2v) is 5.09. The molecule has 0 aromatic carbocycles. The summed E-state index contributed by atoms with van der Waals surface area (Å²) in [6.45, 7) is 7.61. The third-order valence-corrected chi connectivity index (χ3v) is 3.57. The second kappa shape index (κ2) is 5.00. The first-order valence-corrected chi connectivity index (χ1v) is 6.37. The number of rotatable bonds is 4. The Morgan fingerprint density at radius 1 is 1.50 bits per heavy atom. The number of piperidine rings is 1. The maximum absolute atomic E-state index is 12.4. The number of carbonyl (C=O) groups excluding carboxylic acids is 1. The SMILES string of the molecule is C=CCN(C(=O)C1CCNC(C)C1)C1CC1. The van der Waals surface area contributed by atoms with Gasteiger partial charge < -0.3 is 10.2 Å². The predicted molar refractivity (Wildman–Crippen MR) is 65.1 cm³/mol. The van der Waals surface area contributed by atoms with Crippen LogP contribution in [0, 0.1) is 5.92 Å². The van der Waals surface area contributed by atoms with Crippen LogP contribution in [0.1, 0.15) is 32.6 Å². The molecule has 2 fully saturated rings. The van der Waals surface area contributed by atoms with E-state index >= 15 is 0 Å². The van der Waals surface area contributed by atoms with E-state index in [1.807, 2.05) is 11.0 Å². The third kappa shape index (κ3) is 2.64. The van der Waals surface area contributed by atoms with Gasteiger partial charge in [0, 0.05) is 24.5 Å². The Bertz CT molecular complexity index is 273. The van der Waals surface area contributed by atoms with Crippen molar-refractivity contribution in [2.45, 2.75) is 44.7 Å². The third-order valence-electron chi connectivity index (χ3n) is 3.57. The summed E-state index contributed by atoms with van der Waals surface area (Å²) in [5.74, 6) is 0.590. The van der Waals surface area contributed by atoms with E-state index in [9.17, 15) is 4.79 Å². The van der Waals surface area contributed by atoms with Crippen molar-refractivity contribution in [3.05, 3.63) is 12.7 Å². The fourth-order valence-electron chi connectivity index (χ4n) is 2.54. The van der Waals surface area contributed by atoms with Crippen LogP contribution in [-0.2, 0) is 4.79 Å². The number of nitrogens with one attached hydrogen (secondary N) is 1. The monoisotopic (exact) mass is 222 g/mol. The molecule has 2 aliphatic rings. The van der Waals surface area contributed by atoms with Gasteiger partial charge in [-0.1, -0.05) is 6.08 Å². The fraction of sp³-hybridized carbons (Fsp3) is 0.769. The van der Waals surface area contributed by atoms with Crippen LogP contribution in [0.2, 0.25) is 0 Å². The summed E-state index contributed by atoms with van der Waals surface area (Å²) in [7, 11) is 0. The highest BCUT2D eigenvalue weighted by Gasteiger charge is 2.36. The van der Waals surface area contributed by atoms with E-state index in [0.717, 1.165) is 25.9 Å². The van der Waals surface area contributed by atoms with E-state index in [2.05, 4.69) is 18.8 Å². The van der Waals surface area contributed by atoms with Gasteiger partial charge in [-0.15, -0.1) is 6.58 Å². The van der Waals surface area contributed by atoms with Gasteiger partial charge in [0.1, 0.15) is 0 Å². The van der Waals surface area contributed by atoms with Crippen LogP contribution in [0.25, 0.3) is 0 Å². The van der Waals surface area contributed by atoms with Crippen molar-refractivity contribution in [2.24, 2.45) is 5.92 Å². The number of nitrogens with zero attached hydrogens (tertiary/aromatic N) is 1. The van der Waals surface area contributed by atoms with Gasteiger partial charge in [0.2, 0.25) is 5.91 Å². The minimum Gasteiger partial charge on any atom is -0.336 e. The summed E-state index contributed by atoms with van der Waals surface area (Å²) < 4.78 is 0. The quantitative estimate of drug-likeness (QED) is 0.732. The zero-order chi connectivity index (χ0) is 11.5. The van der Waals surface area contributed by atoms with Crippen molar-refractivity contribution in [1.29, 1.82) is 0 Å². The predicted octanol–water partition coefficient (Wildman–Crippen LogP) is 1.55. The van der Waals surface area contributed by atoms with Gasteiger partial charge in [-0.25, -0.2) is 0 Å². The summed E-state index contributed by atoms with van der Waals surface area (Å²) in [5, 5.41) is 3.39. The first-order chi connectivity index (χ1) is 7.72. The minimum atomic E-state index is 0.233. The molecule has 1 heterocycles. The number of hydrogen-bond acceptors (Lipinski definition) is 2. The average Bonchev–Trinajstić information content (AvgIpc) is 3.09. The zero-order valence-corrected chi connectivity index (χ0v) is 10.1. The molecule has 3 heteroatoms. The van der Waals surface area contributed by atoms with Gasteiger partial charge >= 0.3 is 0 Å². The van der Waals surface area contributed by atoms with Crippen molar-refractivity contribution in [2.75, 3.05) is 13.1 Å². The van der Waals surface area contributed by atoms with Gasteiger partial charge in [-0.3, -0.25) is 4.79 Å². The summed E-state index contributed by atoms with van der Waals surface area (Å²) >= 11 is 0. The van der Waals surface area contributed by atoms with Crippen LogP contribution >= 0.6 is 0 Å². The van der Waals surface area contributed by atoms with Crippen LogP contribution in [0.4, 0.5) is 0 Å². The normalized spacial score (nSPS) is 29.8. The average molecular weight is 222 g/mol. The largest absolute Gasteiger partial charge is 0.336 e. The van der Waals surface area contributed by atoms with Crippen molar-refractivity contribution >= 4 is 5.91 Å². The zero-order valence-electron chi connectivity index (χ0n) is 10.1. The molecule has 16 heavy (non-hydrogen) atoms. The highest BCUT2D eigenvalue weighted by Crippen LogP contribution is 2.30. The van der Waals surface area contributed by atoms with Crippen LogP contribution < -0.4 is 5.32 Å². The number of amides is 1. The molecular formula is C13H22N2O. The second-order valence-electron chi connectivity index (χ2n) is 5.09. The first-order valence-electron chi connectivity index (χ1n) is 6.37. The van der Waals surface area contributed by atoms with Crippen molar-refractivity contribution < 1.29 is 4.79 Å². The molecule has 1 aliphatic heterocycles. The maximum atomic E-state index is 12.4. The molecule has 1 amide bonds. The molecule has 0 aromatic rings. The van der Waals surface area contributed by atoms with E-state index in [4.69, 9.17) is 0 Å². The Morgan fingerprint density at radius 3 is 2.81 bits per heavy atom. The van der Waals surface area contributed by atoms with Crippen molar-refractivity contribution in [3.63, 3.8) is 0 Å². The van der Waals surface area contributed by atoms with Gasteiger partial charge in [-0.2, -0.15) is 0 Å². The topological polar surface area (TPSA) is 32.3 Å². The lowest BCUT2D eigenvalue weighted by Gasteiger charge is -2.31. The summed E-state index contributed by atoms with van der Waals surface area (Å²) in [6.07, 6.45) is 6.18. The maximum Gasteiger partial charge on any atom is 0.226 e. The Balaban J connectivity index is 1.95. The lowest BCUT2D eigenvalue weighted by Crippen LogP contribution is -2.45. The molecule has 0 aromatic heterocycles. The Hall–Kier alpha value is -0.830. The lowest BCUT2D eigenvalue weighted by atomic mass is 9.92. The molecule has 0 radical (unpaired) electrons.